The average Bonchev–Trinajstić information content (AvgIpc) is 3.98. The molecule has 2 aromatic heterocycles. The summed E-state index contributed by atoms with van der Waals surface area (Å²) in [5.74, 6) is 1.11. The maximum Gasteiger partial charge on any atom is 0.407 e. The third-order valence-corrected chi connectivity index (χ3v) is 9.58. The van der Waals surface area contributed by atoms with Gasteiger partial charge in [-0.2, -0.15) is 0 Å². The van der Waals surface area contributed by atoms with Crippen molar-refractivity contribution in [1.82, 2.24) is 40.4 Å². The number of imidazole rings is 2. The number of nitrogens with zero attached hydrogens (tertiary/aromatic N) is 4. The Kier molecular flexibility index (Phi) is 11.2. The fraction of sp³-hybridized carbons (Fsp3) is 0.421. The molecule has 4 heterocycles. The number of nitrogens with one attached hydrogen (secondary N) is 4. The van der Waals surface area contributed by atoms with Crippen molar-refractivity contribution in [3.8, 4) is 33.6 Å². The lowest BCUT2D eigenvalue weighted by atomic mass is 10.0. The van der Waals surface area contributed by atoms with E-state index in [2.05, 4.69) is 54.8 Å². The van der Waals surface area contributed by atoms with Gasteiger partial charge in [0.15, 0.2) is 0 Å². The number of rotatable bonds is 11. The van der Waals surface area contributed by atoms with Crippen molar-refractivity contribution in [2.75, 3.05) is 26.3 Å². The van der Waals surface area contributed by atoms with E-state index in [1.54, 1.807) is 49.9 Å². The Bertz CT molecular complexity index is 1730. The van der Waals surface area contributed by atoms with E-state index in [9.17, 15) is 19.2 Å². The molecule has 2 aliphatic heterocycles. The molecular weight excluding hydrogens is 664 g/mol. The van der Waals surface area contributed by atoms with Crippen LogP contribution in [0.1, 0.15) is 77.1 Å². The van der Waals surface area contributed by atoms with Gasteiger partial charge < -0.3 is 39.9 Å². The lowest BCUT2D eigenvalue weighted by molar-refractivity contribution is -0.134. The first-order valence-electron chi connectivity index (χ1n) is 17.9. The predicted octanol–water partition coefficient (Wildman–Crippen LogP) is 5.73. The standard InChI is InChI=1S/C38H46N8O6/c1-5-51-37(49)41-23(3)35(47)45-19-7-9-31(45)33-39-21-29(43-33)27-15-11-25(12-16-27)26-13-17-28(18-14-26)30-22-40-34(44-30)32-10-8-20-46(32)36(48)24(4)42-38(50)52-6-2/h11-18,21-24,31-32H,5-10,19-20H2,1-4H3,(H,39,43)(H,40,44)(H,41,49)(H,42,50)/t23-,24-,31+,32+/m1/s1. The number of hydrogen-bond acceptors (Lipinski definition) is 8. The lowest BCUT2D eigenvalue weighted by Gasteiger charge is -2.26. The minimum atomic E-state index is -0.703. The van der Waals surface area contributed by atoms with Gasteiger partial charge in [0, 0.05) is 13.1 Å². The molecular formula is C38H46N8O6. The van der Waals surface area contributed by atoms with Crippen molar-refractivity contribution in [1.29, 1.82) is 0 Å². The first-order chi connectivity index (χ1) is 25.2. The van der Waals surface area contributed by atoms with Crippen molar-refractivity contribution in [2.45, 2.75) is 77.5 Å². The summed E-state index contributed by atoms with van der Waals surface area (Å²) in [6, 6.07) is 14.6. The third-order valence-electron chi connectivity index (χ3n) is 9.58. The SMILES string of the molecule is CCOC(=O)N[C@H](C)C(=O)N1CCC[C@H]1c1ncc(-c2ccc(-c3ccc(-c4cnc([C@@H]5CCCN5C(=O)[C@@H](C)NC(=O)OCC)[nH]4)cc3)cc2)[nH]1. The summed E-state index contributed by atoms with van der Waals surface area (Å²) in [6.07, 6.45) is 5.65. The van der Waals surface area contributed by atoms with Crippen LogP contribution in [0.2, 0.25) is 0 Å². The quantitative estimate of drug-likeness (QED) is 0.153. The molecule has 0 bridgehead atoms. The monoisotopic (exact) mass is 710 g/mol. The van der Waals surface area contributed by atoms with Crippen LogP contribution in [0.15, 0.2) is 60.9 Å². The summed E-state index contributed by atoms with van der Waals surface area (Å²) in [6.45, 7) is 8.44. The Hall–Kier alpha value is -5.66. The van der Waals surface area contributed by atoms with Crippen LogP contribution in [0.25, 0.3) is 33.6 Å². The van der Waals surface area contributed by atoms with Crippen molar-refractivity contribution in [2.24, 2.45) is 0 Å². The number of carbonyl (C=O) groups is 4. The van der Waals surface area contributed by atoms with Crippen LogP contribution in [0.3, 0.4) is 0 Å². The number of benzene rings is 2. The van der Waals surface area contributed by atoms with E-state index in [4.69, 9.17) is 9.47 Å². The highest BCUT2D eigenvalue weighted by Gasteiger charge is 2.36. The van der Waals surface area contributed by atoms with E-state index in [0.717, 1.165) is 71.0 Å². The molecule has 14 nitrogen and oxygen atoms in total. The molecule has 6 rings (SSSR count). The number of carbonyl (C=O) groups excluding carboxylic acids is 4. The number of aromatic nitrogens is 4. The van der Waals surface area contributed by atoms with Crippen molar-refractivity contribution >= 4 is 24.0 Å². The summed E-state index contributed by atoms with van der Waals surface area (Å²) in [5.41, 5.74) is 5.78. The summed E-state index contributed by atoms with van der Waals surface area (Å²) >= 11 is 0. The number of aromatic amines is 2. The van der Waals surface area contributed by atoms with E-state index in [1.807, 2.05) is 24.3 Å². The highest BCUT2D eigenvalue weighted by atomic mass is 16.6. The Morgan fingerprint density at radius 2 is 1.04 bits per heavy atom. The number of amides is 4. The van der Waals surface area contributed by atoms with Crippen molar-refractivity contribution in [3.63, 3.8) is 0 Å². The molecule has 0 aliphatic carbocycles. The predicted molar refractivity (Wildman–Crippen MR) is 194 cm³/mol. The van der Waals surface area contributed by atoms with Gasteiger partial charge in [0.25, 0.3) is 0 Å². The van der Waals surface area contributed by atoms with Gasteiger partial charge in [0.2, 0.25) is 11.8 Å². The zero-order valence-corrected chi connectivity index (χ0v) is 30.0. The Morgan fingerprint density at radius 1 is 0.673 bits per heavy atom. The van der Waals surface area contributed by atoms with E-state index >= 15 is 0 Å². The number of hydrogen-bond donors (Lipinski definition) is 4. The molecule has 2 saturated heterocycles. The van der Waals surface area contributed by atoms with Crippen LogP contribution in [0.4, 0.5) is 9.59 Å². The Balaban J connectivity index is 1.08. The second-order valence-corrected chi connectivity index (χ2v) is 13.1. The maximum atomic E-state index is 13.2. The second-order valence-electron chi connectivity index (χ2n) is 13.1. The van der Waals surface area contributed by atoms with Gasteiger partial charge in [0.1, 0.15) is 23.7 Å². The molecule has 4 N–H and O–H groups in total. The highest BCUT2D eigenvalue weighted by molar-refractivity contribution is 5.86. The number of ether oxygens (including phenoxy) is 2. The molecule has 0 unspecified atom stereocenters. The van der Waals surface area contributed by atoms with Crippen LogP contribution in [-0.4, -0.2) is 92.1 Å². The van der Waals surface area contributed by atoms with Gasteiger partial charge in [0.05, 0.1) is 49.1 Å². The van der Waals surface area contributed by atoms with E-state index in [0.29, 0.717) is 13.1 Å². The van der Waals surface area contributed by atoms with E-state index < -0.39 is 24.3 Å². The molecule has 4 atom stereocenters. The van der Waals surface area contributed by atoms with Gasteiger partial charge in [-0.05, 0) is 75.6 Å². The molecule has 2 fully saturated rings. The lowest BCUT2D eigenvalue weighted by Crippen LogP contribution is -2.46. The number of alkyl carbamates (subject to hydrolysis) is 2. The number of likely N-dealkylation sites (tertiary alicyclic amines) is 2. The van der Waals surface area contributed by atoms with E-state index in [1.165, 1.54) is 0 Å². The van der Waals surface area contributed by atoms with Crippen LogP contribution in [-0.2, 0) is 19.1 Å². The zero-order valence-electron chi connectivity index (χ0n) is 30.0. The third kappa shape index (κ3) is 7.95. The van der Waals surface area contributed by atoms with Crippen LogP contribution in [0.5, 0.6) is 0 Å². The van der Waals surface area contributed by atoms with Crippen LogP contribution in [0, 0.1) is 0 Å². The first-order valence-corrected chi connectivity index (χ1v) is 17.9. The van der Waals surface area contributed by atoms with Crippen molar-refractivity contribution in [3.05, 3.63) is 72.6 Å². The molecule has 2 aliphatic rings. The largest absolute Gasteiger partial charge is 0.450 e. The topological polar surface area (TPSA) is 175 Å². The molecule has 4 aromatic rings. The average molecular weight is 711 g/mol. The fourth-order valence-corrected chi connectivity index (χ4v) is 6.94. The normalized spacial score (nSPS) is 18.2. The summed E-state index contributed by atoms with van der Waals surface area (Å²) < 4.78 is 9.86. The summed E-state index contributed by atoms with van der Waals surface area (Å²) in [5, 5.41) is 5.21. The van der Waals surface area contributed by atoms with Gasteiger partial charge in [-0.25, -0.2) is 19.6 Å². The van der Waals surface area contributed by atoms with Crippen molar-refractivity contribution < 1.29 is 28.7 Å². The van der Waals surface area contributed by atoms with Crippen LogP contribution < -0.4 is 10.6 Å². The molecule has 14 heteroatoms. The zero-order chi connectivity index (χ0) is 36.8. The van der Waals surface area contributed by atoms with Gasteiger partial charge in [-0.1, -0.05) is 48.5 Å². The van der Waals surface area contributed by atoms with Gasteiger partial charge >= 0.3 is 12.2 Å². The van der Waals surface area contributed by atoms with Crippen LogP contribution >= 0.6 is 0 Å². The molecule has 0 radical (unpaired) electrons. The van der Waals surface area contributed by atoms with Gasteiger partial charge in [-0.15, -0.1) is 0 Å². The summed E-state index contributed by atoms with van der Waals surface area (Å²) in [4.78, 5) is 69.6. The Morgan fingerprint density at radius 3 is 1.40 bits per heavy atom. The van der Waals surface area contributed by atoms with Gasteiger partial charge in [-0.3, -0.25) is 9.59 Å². The first kappa shape index (κ1) is 36.1. The number of H-pyrrole nitrogens is 2. The summed E-state index contributed by atoms with van der Waals surface area (Å²) in [7, 11) is 0. The van der Waals surface area contributed by atoms with E-state index in [-0.39, 0.29) is 37.1 Å². The molecule has 2 aromatic carbocycles. The molecule has 52 heavy (non-hydrogen) atoms. The molecule has 0 saturated carbocycles. The molecule has 274 valence electrons. The fourth-order valence-electron chi connectivity index (χ4n) is 6.94. The minimum Gasteiger partial charge on any atom is -0.450 e. The molecule has 0 spiro atoms. The minimum absolute atomic E-state index is 0.166. The molecule has 4 amide bonds. The smallest absolute Gasteiger partial charge is 0.407 e. The highest BCUT2D eigenvalue weighted by Crippen LogP contribution is 2.34. The second kappa shape index (κ2) is 16.1. The Labute approximate surface area is 302 Å². The maximum absolute atomic E-state index is 13.2.